The van der Waals surface area contributed by atoms with E-state index in [4.69, 9.17) is 9.47 Å². The van der Waals surface area contributed by atoms with Crippen LogP contribution in [-0.4, -0.2) is 13.2 Å². The molecule has 1 heterocycles. The standard InChI is InChI=1S/C17H20O2/c1-18-13-9-8-12-6-2-4-10-17-11-5-3-7-14(17)19-16(13)15(12)17/h5,8-9,11,14H,2-4,6-7,10H2,1H3. The van der Waals surface area contributed by atoms with E-state index in [1.54, 1.807) is 7.11 Å². The van der Waals surface area contributed by atoms with Crippen molar-refractivity contribution in [2.45, 2.75) is 50.0 Å². The largest absolute Gasteiger partial charge is 0.493 e. The smallest absolute Gasteiger partial charge is 0.166 e. The lowest BCUT2D eigenvalue weighted by molar-refractivity contribution is 0.145. The minimum absolute atomic E-state index is 0.133. The van der Waals surface area contributed by atoms with E-state index >= 15 is 0 Å². The highest BCUT2D eigenvalue weighted by Crippen LogP contribution is 2.56. The van der Waals surface area contributed by atoms with Gasteiger partial charge in [0, 0.05) is 5.56 Å². The van der Waals surface area contributed by atoms with E-state index in [1.807, 2.05) is 0 Å². The van der Waals surface area contributed by atoms with Crippen LogP contribution >= 0.6 is 0 Å². The van der Waals surface area contributed by atoms with Gasteiger partial charge >= 0.3 is 0 Å². The molecule has 2 unspecified atom stereocenters. The molecule has 1 aromatic carbocycles. The first kappa shape index (κ1) is 11.4. The van der Waals surface area contributed by atoms with Crippen LogP contribution in [0.2, 0.25) is 0 Å². The molecular weight excluding hydrogens is 236 g/mol. The fourth-order valence-electron chi connectivity index (χ4n) is 4.16. The van der Waals surface area contributed by atoms with Crippen LogP contribution in [0.15, 0.2) is 24.3 Å². The Morgan fingerprint density at radius 3 is 3.16 bits per heavy atom. The van der Waals surface area contributed by atoms with Gasteiger partial charge in [-0.05, 0) is 43.7 Å². The zero-order chi connectivity index (χ0) is 12.9. The fourth-order valence-corrected chi connectivity index (χ4v) is 4.16. The Hall–Kier alpha value is -1.44. The highest BCUT2D eigenvalue weighted by Gasteiger charge is 2.50. The van der Waals surface area contributed by atoms with Crippen molar-refractivity contribution in [2.24, 2.45) is 0 Å². The van der Waals surface area contributed by atoms with Crippen LogP contribution in [0.1, 0.15) is 43.2 Å². The summed E-state index contributed by atoms with van der Waals surface area (Å²) in [5.74, 6) is 1.93. The van der Waals surface area contributed by atoms with Crippen LogP contribution in [0.4, 0.5) is 0 Å². The molecule has 1 spiro atoms. The fraction of sp³-hybridized carbons (Fsp3) is 0.529. The molecule has 0 bridgehead atoms. The van der Waals surface area contributed by atoms with Gasteiger partial charge in [-0.1, -0.05) is 24.6 Å². The van der Waals surface area contributed by atoms with Gasteiger partial charge in [-0.3, -0.25) is 0 Å². The number of methoxy groups -OCH3 is 1. The van der Waals surface area contributed by atoms with E-state index in [9.17, 15) is 0 Å². The summed E-state index contributed by atoms with van der Waals surface area (Å²) in [6, 6.07) is 4.33. The summed E-state index contributed by atoms with van der Waals surface area (Å²) in [5.41, 5.74) is 3.04. The lowest BCUT2D eigenvalue weighted by Gasteiger charge is -2.34. The van der Waals surface area contributed by atoms with Crippen molar-refractivity contribution in [3.05, 3.63) is 35.4 Å². The van der Waals surface area contributed by atoms with E-state index in [-0.39, 0.29) is 5.41 Å². The molecular formula is C17H20O2. The van der Waals surface area contributed by atoms with Gasteiger partial charge in [0.05, 0.1) is 12.5 Å². The third-order valence-electron chi connectivity index (χ3n) is 5.03. The predicted octanol–water partition coefficient (Wildman–Crippen LogP) is 3.77. The first-order chi connectivity index (χ1) is 9.35. The Labute approximate surface area is 114 Å². The summed E-state index contributed by atoms with van der Waals surface area (Å²) in [4.78, 5) is 0. The number of aryl methyl sites for hydroxylation is 1. The molecule has 2 nitrogen and oxygen atoms in total. The van der Waals surface area contributed by atoms with Crippen molar-refractivity contribution < 1.29 is 9.47 Å². The van der Waals surface area contributed by atoms with E-state index < -0.39 is 0 Å². The van der Waals surface area contributed by atoms with Gasteiger partial charge < -0.3 is 9.47 Å². The Morgan fingerprint density at radius 1 is 1.32 bits per heavy atom. The van der Waals surface area contributed by atoms with Gasteiger partial charge in [0.1, 0.15) is 6.10 Å². The molecule has 2 aliphatic carbocycles. The van der Waals surface area contributed by atoms with Gasteiger partial charge in [-0.15, -0.1) is 0 Å². The van der Waals surface area contributed by atoms with Crippen LogP contribution in [0.3, 0.4) is 0 Å². The molecule has 0 saturated heterocycles. The van der Waals surface area contributed by atoms with E-state index in [1.165, 1.54) is 36.8 Å². The average molecular weight is 256 g/mol. The first-order valence-corrected chi connectivity index (χ1v) is 7.40. The van der Waals surface area contributed by atoms with Gasteiger partial charge in [-0.2, -0.15) is 0 Å². The zero-order valence-electron chi connectivity index (χ0n) is 11.4. The maximum Gasteiger partial charge on any atom is 0.166 e. The third kappa shape index (κ3) is 1.43. The minimum atomic E-state index is 0.133. The summed E-state index contributed by atoms with van der Waals surface area (Å²) in [6.07, 6.45) is 12.4. The van der Waals surface area contributed by atoms with Gasteiger partial charge in [0.15, 0.2) is 11.5 Å². The van der Waals surface area contributed by atoms with E-state index in [2.05, 4.69) is 24.3 Å². The van der Waals surface area contributed by atoms with Crippen LogP contribution < -0.4 is 9.47 Å². The second kappa shape index (κ2) is 4.03. The number of hydrogen-bond acceptors (Lipinski definition) is 2. The average Bonchev–Trinajstić information content (AvgIpc) is 2.68. The lowest BCUT2D eigenvalue weighted by Crippen LogP contribution is -2.38. The van der Waals surface area contributed by atoms with Crippen molar-refractivity contribution in [3.8, 4) is 11.5 Å². The molecule has 3 aliphatic rings. The number of hydrogen-bond donors (Lipinski definition) is 0. The predicted molar refractivity (Wildman–Crippen MR) is 75.0 cm³/mol. The quantitative estimate of drug-likeness (QED) is 0.712. The van der Waals surface area contributed by atoms with Crippen LogP contribution in [0, 0.1) is 0 Å². The molecule has 1 aliphatic heterocycles. The second-order valence-corrected chi connectivity index (χ2v) is 5.96. The molecule has 2 heteroatoms. The molecule has 0 saturated carbocycles. The normalized spacial score (nSPS) is 31.1. The Morgan fingerprint density at radius 2 is 2.26 bits per heavy atom. The van der Waals surface area contributed by atoms with Gasteiger partial charge in [0.2, 0.25) is 0 Å². The number of ether oxygens (including phenoxy) is 2. The molecule has 0 radical (unpaired) electrons. The van der Waals surface area contributed by atoms with Crippen molar-refractivity contribution in [2.75, 3.05) is 7.11 Å². The van der Waals surface area contributed by atoms with Gasteiger partial charge in [0.25, 0.3) is 0 Å². The summed E-state index contributed by atoms with van der Waals surface area (Å²) >= 11 is 0. The summed E-state index contributed by atoms with van der Waals surface area (Å²) in [6.45, 7) is 0. The zero-order valence-corrected chi connectivity index (χ0v) is 11.4. The Bertz CT molecular complexity index is 546. The number of rotatable bonds is 1. The van der Waals surface area contributed by atoms with Crippen LogP contribution in [-0.2, 0) is 11.8 Å². The molecule has 100 valence electrons. The summed E-state index contributed by atoms with van der Waals surface area (Å²) in [5, 5.41) is 0. The topological polar surface area (TPSA) is 18.5 Å². The van der Waals surface area contributed by atoms with Crippen molar-refractivity contribution in [1.82, 2.24) is 0 Å². The highest BCUT2D eigenvalue weighted by atomic mass is 16.5. The highest BCUT2D eigenvalue weighted by molar-refractivity contribution is 5.60. The minimum Gasteiger partial charge on any atom is -0.493 e. The van der Waals surface area contributed by atoms with Crippen molar-refractivity contribution >= 4 is 0 Å². The monoisotopic (exact) mass is 256 g/mol. The SMILES string of the molecule is COc1ccc2c3c1OC1CCC=CC31CCCC2. The summed E-state index contributed by atoms with van der Waals surface area (Å²) in [7, 11) is 1.74. The Balaban J connectivity index is 1.99. The van der Waals surface area contributed by atoms with Crippen LogP contribution in [0.5, 0.6) is 11.5 Å². The van der Waals surface area contributed by atoms with Crippen LogP contribution in [0.25, 0.3) is 0 Å². The molecule has 19 heavy (non-hydrogen) atoms. The van der Waals surface area contributed by atoms with Crippen molar-refractivity contribution in [1.29, 1.82) is 0 Å². The first-order valence-electron chi connectivity index (χ1n) is 7.40. The molecule has 2 atom stereocenters. The number of benzene rings is 1. The van der Waals surface area contributed by atoms with Crippen molar-refractivity contribution in [3.63, 3.8) is 0 Å². The third-order valence-corrected chi connectivity index (χ3v) is 5.03. The molecule has 1 aromatic rings. The number of allylic oxidation sites excluding steroid dienone is 1. The van der Waals surface area contributed by atoms with Gasteiger partial charge in [-0.25, -0.2) is 0 Å². The molecule has 0 N–H and O–H groups in total. The van der Waals surface area contributed by atoms with E-state index in [0.717, 1.165) is 24.3 Å². The maximum absolute atomic E-state index is 6.33. The molecule has 4 rings (SSSR count). The Kier molecular flexibility index (Phi) is 2.41. The molecule has 0 fully saturated rings. The van der Waals surface area contributed by atoms with E-state index in [0.29, 0.717) is 6.10 Å². The second-order valence-electron chi connectivity index (χ2n) is 5.96. The molecule has 0 aromatic heterocycles. The lowest BCUT2D eigenvalue weighted by atomic mass is 9.69. The summed E-state index contributed by atoms with van der Waals surface area (Å²) < 4.78 is 11.9. The maximum atomic E-state index is 6.33. The molecule has 0 amide bonds.